The number of amides is 1. The van der Waals surface area contributed by atoms with Gasteiger partial charge in [-0.05, 0) is 55.1 Å². The highest BCUT2D eigenvalue weighted by molar-refractivity contribution is 5.94. The molecule has 3 aliphatic carbocycles. The van der Waals surface area contributed by atoms with Crippen LogP contribution in [-0.4, -0.2) is 16.9 Å². The monoisotopic (exact) mass is 246 g/mol. The highest BCUT2D eigenvalue weighted by Gasteiger charge is 2.65. The maximum Gasteiger partial charge on any atom is 0.253 e. The molecule has 0 spiro atoms. The molecule has 4 rings (SSSR count). The van der Waals surface area contributed by atoms with Gasteiger partial charge in [0.2, 0.25) is 5.95 Å². The molecule has 18 heavy (non-hydrogen) atoms. The standard InChI is InChI=1S/C14H15FN2O/c15-10-4-3-9(6-16-10)14(18)17-13-11-7-1-2-8(5-7)12(11)13/h3-4,6-8,11-13H,1-2,5H2,(H,17,18). The number of aromatic nitrogens is 1. The predicted molar refractivity (Wildman–Crippen MR) is 63.3 cm³/mol. The second kappa shape index (κ2) is 3.53. The van der Waals surface area contributed by atoms with Crippen molar-refractivity contribution in [2.45, 2.75) is 25.3 Å². The third-order valence-electron chi connectivity index (χ3n) is 5.02. The van der Waals surface area contributed by atoms with Gasteiger partial charge in [-0.15, -0.1) is 0 Å². The van der Waals surface area contributed by atoms with E-state index in [1.54, 1.807) is 0 Å². The summed E-state index contributed by atoms with van der Waals surface area (Å²) >= 11 is 0. The van der Waals surface area contributed by atoms with Gasteiger partial charge in [-0.2, -0.15) is 4.39 Å². The number of hydrogen-bond donors (Lipinski definition) is 1. The number of nitrogens with zero attached hydrogens (tertiary/aromatic N) is 1. The molecule has 1 heterocycles. The number of halogens is 1. The molecule has 3 saturated carbocycles. The van der Waals surface area contributed by atoms with E-state index < -0.39 is 5.95 Å². The minimum atomic E-state index is -0.548. The lowest BCUT2D eigenvalue weighted by atomic mass is 10.0. The summed E-state index contributed by atoms with van der Waals surface area (Å²) in [6, 6.07) is 3.09. The van der Waals surface area contributed by atoms with Crippen LogP contribution < -0.4 is 5.32 Å². The third kappa shape index (κ3) is 1.41. The Morgan fingerprint density at radius 1 is 1.28 bits per heavy atom. The fourth-order valence-electron chi connectivity index (χ4n) is 4.26. The molecule has 4 heteroatoms. The zero-order valence-electron chi connectivity index (χ0n) is 9.97. The van der Waals surface area contributed by atoms with Crippen LogP contribution >= 0.6 is 0 Å². The topological polar surface area (TPSA) is 42.0 Å². The maximum atomic E-state index is 12.7. The van der Waals surface area contributed by atoms with E-state index in [4.69, 9.17) is 0 Å². The summed E-state index contributed by atoms with van der Waals surface area (Å²) in [6.07, 6.45) is 5.36. The van der Waals surface area contributed by atoms with Crippen molar-refractivity contribution < 1.29 is 9.18 Å². The number of carbonyl (C=O) groups is 1. The Hall–Kier alpha value is -1.45. The zero-order chi connectivity index (χ0) is 12.3. The molecule has 0 saturated heterocycles. The quantitative estimate of drug-likeness (QED) is 0.811. The largest absolute Gasteiger partial charge is 0.349 e. The average molecular weight is 246 g/mol. The SMILES string of the molecule is O=C(NC1C2C3CCC(C3)C12)c1ccc(F)nc1. The molecule has 4 atom stereocenters. The van der Waals surface area contributed by atoms with E-state index in [0.29, 0.717) is 11.6 Å². The van der Waals surface area contributed by atoms with Gasteiger partial charge in [0.25, 0.3) is 5.91 Å². The molecule has 3 nitrogen and oxygen atoms in total. The van der Waals surface area contributed by atoms with Gasteiger partial charge in [-0.1, -0.05) is 0 Å². The summed E-state index contributed by atoms with van der Waals surface area (Å²) in [5.74, 6) is 2.48. The molecule has 1 aromatic rings. The lowest BCUT2D eigenvalue weighted by molar-refractivity contribution is 0.0944. The Labute approximate surface area is 105 Å². The summed E-state index contributed by atoms with van der Waals surface area (Å²) in [7, 11) is 0. The lowest BCUT2D eigenvalue weighted by Crippen LogP contribution is -2.30. The maximum absolute atomic E-state index is 12.7. The number of fused-ring (bicyclic) bond motifs is 5. The minimum absolute atomic E-state index is 0.110. The highest BCUT2D eigenvalue weighted by atomic mass is 19.1. The molecule has 3 fully saturated rings. The number of hydrogen-bond acceptors (Lipinski definition) is 2. The van der Waals surface area contributed by atoms with E-state index in [1.807, 2.05) is 0 Å². The van der Waals surface area contributed by atoms with Crippen LogP contribution in [0.15, 0.2) is 18.3 Å². The molecular weight excluding hydrogens is 231 g/mol. The van der Waals surface area contributed by atoms with Crippen molar-refractivity contribution in [3.63, 3.8) is 0 Å². The Kier molecular flexibility index (Phi) is 2.05. The number of carbonyl (C=O) groups excluding carboxylic acids is 1. The number of pyridine rings is 1. The van der Waals surface area contributed by atoms with Crippen LogP contribution in [0.25, 0.3) is 0 Å². The first-order valence-corrected chi connectivity index (χ1v) is 6.66. The van der Waals surface area contributed by atoms with Crippen LogP contribution in [0.3, 0.4) is 0 Å². The summed E-state index contributed by atoms with van der Waals surface area (Å²) in [6.45, 7) is 0. The van der Waals surface area contributed by atoms with Crippen molar-refractivity contribution in [2.75, 3.05) is 0 Å². The Morgan fingerprint density at radius 3 is 2.61 bits per heavy atom. The summed E-state index contributed by atoms with van der Waals surface area (Å²) in [5.41, 5.74) is 0.453. The molecule has 1 aromatic heterocycles. The summed E-state index contributed by atoms with van der Waals surface area (Å²) in [5, 5.41) is 3.09. The second-order valence-electron chi connectivity index (χ2n) is 5.86. The van der Waals surface area contributed by atoms with Crippen molar-refractivity contribution in [2.24, 2.45) is 23.7 Å². The van der Waals surface area contributed by atoms with Crippen LogP contribution in [0, 0.1) is 29.6 Å². The molecule has 0 aromatic carbocycles. The van der Waals surface area contributed by atoms with Gasteiger partial charge in [0.05, 0.1) is 5.56 Å². The molecule has 94 valence electrons. The van der Waals surface area contributed by atoms with Gasteiger partial charge in [0, 0.05) is 12.2 Å². The van der Waals surface area contributed by atoms with Crippen molar-refractivity contribution in [3.05, 3.63) is 29.8 Å². The average Bonchev–Trinajstić information content (AvgIpc) is 2.78. The first-order chi connectivity index (χ1) is 8.74. The van der Waals surface area contributed by atoms with Gasteiger partial charge in [-0.3, -0.25) is 4.79 Å². The van der Waals surface area contributed by atoms with Crippen LogP contribution in [0.2, 0.25) is 0 Å². The van der Waals surface area contributed by atoms with Gasteiger partial charge in [0.15, 0.2) is 0 Å². The molecule has 0 aliphatic heterocycles. The highest BCUT2D eigenvalue weighted by Crippen LogP contribution is 2.65. The zero-order valence-corrected chi connectivity index (χ0v) is 9.97. The first-order valence-electron chi connectivity index (χ1n) is 6.66. The predicted octanol–water partition coefficient (Wildman–Crippen LogP) is 1.99. The van der Waals surface area contributed by atoms with Gasteiger partial charge >= 0.3 is 0 Å². The lowest BCUT2D eigenvalue weighted by Gasteiger charge is -2.10. The molecule has 4 unspecified atom stereocenters. The van der Waals surface area contributed by atoms with Gasteiger partial charge in [0.1, 0.15) is 0 Å². The van der Waals surface area contributed by atoms with Crippen LogP contribution in [0.1, 0.15) is 29.6 Å². The van der Waals surface area contributed by atoms with Crippen molar-refractivity contribution >= 4 is 5.91 Å². The summed E-state index contributed by atoms with van der Waals surface area (Å²) in [4.78, 5) is 15.5. The van der Waals surface area contributed by atoms with Crippen molar-refractivity contribution in [1.29, 1.82) is 0 Å². The van der Waals surface area contributed by atoms with E-state index in [9.17, 15) is 9.18 Å². The second-order valence-corrected chi connectivity index (χ2v) is 5.86. The smallest absolute Gasteiger partial charge is 0.253 e. The van der Waals surface area contributed by atoms with Crippen molar-refractivity contribution in [1.82, 2.24) is 10.3 Å². The normalized spacial score (nSPS) is 39.5. The van der Waals surface area contributed by atoms with Gasteiger partial charge < -0.3 is 5.32 Å². The Bertz CT molecular complexity index is 485. The fourth-order valence-corrected chi connectivity index (χ4v) is 4.26. The van der Waals surface area contributed by atoms with Crippen LogP contribution in [0.4, 0.5) is 4.39 Å². The third-order valence-corrected chi connectivity index (χ3v) is 5.02. The molecule has 1 amide bonds. The minimum Gasteiger partial charge on any atom is -0.349 e. The molecular formula is C14H15FN2O. The first kappa shape index (κ1) is 10.5. The van der Waals surface area contributed by atoms with E-state index in [2.05, 4.69) is 10.3 Å². The van der Waals surface area contributed by atoms with E-state index in [0.717, 1.165) is 23.7 Å². The molecule has 3 aliphatic rings. The van der Waals surface area contributed by atoms with E-state index in [1.165, 1.54) is 37.6 Å². The Morgan fingerprint density at radius 2 is 2.00 bits per heavy atom. The molecule has 1 N–H and O–H groups in total. The summed E-state index contributed by atoms with van der Waals surface area (Å²) < 4.78 is 12.7. The fraction of sp³-hybridized carbons (Fsp3) is 0.571. The van der Waals surface area contributed by atoms with Crippen molar-refractivity contribution in [3.8, 4) is 0 Å². The number of nitrogens with one attached hydrogen (secondary N) is 1. The van der Waals surface area contributed by atoms with E-state index in [-0.39, 0.29) is 5.91 Å². The van der Waals surface area contributed by atoms with E-state index >= 15 is 0 Å². The van der Waals surface area contributed by atoms with Gasteiger partial charge in [-0.25, -0.2) is 4.98 Å². The molecule has 2 bridgehead atoms. The van der Waals surface area contributed by atoms with Crippen LogP contribution in [0.5, 0.6) is 0 Å². The van der Waals surface area contributed by atoms with Crippen LogP contribution in [-0.2, 0) is 0 Å². The molecule has 0 radical (unpaired) electrons. The Balaban J connectivity index is 1.44. The number of rotatable bonds is 2.